The molecule has 0 spiro atoms. The van der Waals surface area contributed by atoms with Gasteiger partial charge in [0.2, 0.25) is 0 Å². The summed E-state index contributed by atoms with van der Waals surface area (Å²) in [6, 6.07) is 15.2. The topological polar surface area (TPSA) is 59.8 Å². The zero-order valence-corrected chi connectivity index (χ0v) is 13.1. The first-order valence-electron chi connectivity index (χ1n) is 7.17. The van der Waals surface area contributed by atoms with Crippen LogP contribution < -0.4 is 5.32 Å². The molecule has 2 heterocycles. The van der Waals surface area contributed by atoms with Crippen LogP contribution in [0.15, 0.2) is 60.8 Å². The van der Waals surface area contributed by atoms with Crippen molar-refractivity contribution in [1.82, 2.24) is 14.8 Å². The van der Waals surface area contributed by atoms with E-state index in [0.29, 0.717) is 10.8 Å². The van der Waals surface area contributed by atoms with E-state index in [-0.39, 0.29) is 17.4 Å². The third-order valence-corrected chi connectivity index (χ3v) is 4.38. The number of hydrogen-bond acceptors (Lipinski definition) is 4. The Morgan fingerprint density at radius 3 is 2.67 bits per heavy atom. The van der Waals surface area contributed by atoms with Crippen LogP contribution in [0.5, 0.6) is 0 Å². The number of carbonyl (C=O) groups is 1. The van der Waals surface area contributed by atoms with Gasteiger partial charge in [-0.3, -0.25) is 10.1 Å². The summed E-state index contributed by atoms with van der Waals surface area (Å²) in [6.07, 6.45) is 1.65. The van der Waals surface area contributed by atoms with Crippen molar-refractivity contribution < 1.29 is 9.18 Å². The molecule has 0 unspecified atom stereocenters. The summed E-state index contributed by atoms with van der Waals surface area (Å²) in [5, 5.41) is 7.50. The number of carbonyl (C=O) groups excluding carboxylic acids is 1. The summed E-state index contributed by atoms with van der Waals surface area (Å²) < 4.78 is 15.5. The molecular weight excluding hydrogens is 327 g/mol. The lowest BCUT2D eigenvalue weighted by molar-refractivity contribution is 0.102. The first kappa shape index (κ1) is 14.5. The number of halogens is 1. The zero-order chi connectivity index (χ0) is 16.5. The number of rotatable bonds is 3. The van der Waals surface area contributed by atoms with Crippen LogP contribution in [0, 0.1) is 5.82 Å². The third kappa shape index (κ3) is 2.77. The van der Waals surface area contributed by atoms with Gasteiger partial charge in [0, 0.05) is 6.20 Å². The molecule has 7 heteroatoms. The summed E-state index contributed by atoms with van der Waals surface area (Å²) in [6.45, 7) is 0. The maximum Gasteiger partial charge on any atom is 0.277 e. The van der Waals surface area contributed by atoms with Gasteiger partial charge in [0.25, 0.3) is 5.91 Å². The molecule has 0 saturated carbocycles. The molecule has 0 radical (unpaired) electrons. The van der Waals surface area contributed by atoms with Crippen LogP contribution in [-0.4, -0.2) is 20.7 Å². The first-order valence-corrected chi connectivity index (χ1v) is 7.99. The van der Waals surface area contributed by atoms with E-state index in [0.717, 1.165) is 10.2 Å². The summed E-state index contributed by atoms with van der Waals surface area (Å²) >= 11 is 1.41. The minimum Gasteiger partial charge on any atom is -0.296 e. The van der Waals surface area contributed by atoms with Crippen molar-refractivity contribution in [2.45, 2.75) is 0 Å². The molecular formula is C17H11FN4OS. The van der Waals surface area contributed by atoms with E-state index in [4.69, 9.17) is 0 Å². The van der Waals surface area contributed by atoms with E-state index >= 15 is 0 Å². The Bertz CT molecular complexity index is 989. The lowest BCUT2D eigenvalue weighted by Gasteiger charge is -2.01. The van der Waals surface area contributed by atoms with Crippen LogP contribution in [0.4, 0.5) is 9.52 Å². The van der Waals surface area contributed by atoms with Crippen LogP contribution in [0.3, 0.4) is 0 Å². The zero-order valence-electron chi connectivity index (χ0n) is 12.3. The molecule has 4 aromatic rings. The van der Waals surface area contributed by atoms with Crippen molar-refractivity contribution in [3.05, 3.63) is 72.3 Å². The maximum atomic E-state index is 13.0. The van der Waals surface area contributed by atoms with Crippen molar-refractivity contribution in [3.8, 4) is 5.69 Å². The summed E-state index contributed by atoms with van der Waals surface area (Å²) in [5.41, 5.74) is 1.78. The first-order chi connectivity index (χ1) is 11.7. The van der Waals surface area contributed by atoms with Gasteiger partial charge in [-0.15, -0.1) is 0 Å². The molecule has 0 saturated heterocycles. The maximum absolute atomic E-state index is 13.0. The number of nitrogens with zero attached hydrogens (tertiary/aromatic N) is 3. The number of anilines is 1. The molecule has 0 aliphatic carbocycles. The van der Waals surface area contributed by atoms with Gasteiger partial charge in [0.15, 0.2) is 10.8 Å². The lowest BCUT2D eigenvalue weighted by atomic mass is 10.3. The SMILES string of the molecule is O=C(Nc1nc2ccccc2s1)c1ccn(-c2ccc(F)cc2)n1. The fourth-order valence-electron chi connectivity index (χ4n) is 2.27. The average molecular weight is 338 g/mol. The molecule has 118 valence electrons. The molecule has 1 N–H and O–H groups in total. The van der Waals surface area contributed by atoms with Gasteiger partial charge in [-0.2, -0.15) is 5.10 Å². The van der Waals surface area contributed by atoms with E-state index in [1.807, 2.05) is 24.3 Å². The molecule has 24 heavy (non-hydrogen) atoms. The number of hydrogen-bond donors (Lipinski definition) is 1. The summed E-state index contributed by atoms with van der Waals surface area (Å²) in [4.78, 5) is 16.7. The quantitative estimate of drug-likeness (QED) is 0.617. The molecule has 0 aliphatic rings. The highest BCUT2D eigenvalue weighted by Gasteiger charge is 2.13. The van der Waals surface area contributed by atoms with Crippen LogP contribution in [0.1, 0.15) is 10.5 Å². The Balaban J connectivity index is 1.55. The van der Waals surface area contributed by atoms with E-state index in [2.05, 4.69) is 15.4 Å². The smallest absolute Gasteiger partial charge is 0.277 e. The standard InChI is InChI=1S/C17H11FN4OS/c18-11-5-7-12(8-6-11)22-10-9-14(21-22)16(23)20-17-19-13-3-1-2-4-15(13)24-17/h1-10H,(H,19,20,23). The fourth-order valence-corrected chi connectivity index (χ4v) is 3.13. The minimum absolute atomic E-state index is 0.263. The average Bonchev–Trinajstić information content (AvgIpc) is 3.21. The third-order valence-electron chi connectivity index (χ3n) is 3.43. The molecule has 1 amide bonds. The second-order valence-electron chi connectivity index (χ2n) is 5.06. The van der Waals surface area contributed by atoms with Crippen molar-refractivity contribution >= 4 is 32.6 Å². The van der Waals surface area contributed by atoms with E-state index in [1.54, 1.807) is 24.4 Å². The highest BCUT2D eigenvalue weighted by atomic mass is 32.1. The highest BCUT2D eigenvalue weighted by molar-refractivity contribution is 7.22. The molecule has 0 aliphatic heterocycles. The highest BCUT2D eigenvalue weighted by Crippen LogP contribution is 2.25. The van der Waals surface area contributed by atoms with Gasteiger partial charge >= 0.3 is 0 Å². The number of fused-ring (bicyclic) bond motifs is 1. The molecule has 5 nitrogen and oxygen atoms in total. The lowest BCUT2D eigenvalue weighted by Crippen LogP contribution is -2.13. The Labute approximate surface area is 140 Å². The summed E-state index contributed by atoms with van der Waals surface area (Å²) in [7, 11) is 0. The van der Waals surface area contributed by atoms with Gasteiger partial charge in [-0.25, -0.2) is 14.1 Å². The fraction of sp³-hybridized carbons (Fsp3) is 0. The molecule has 0 atom stereocenters. The van der Waals surface area contributed by atoms with Crippen molar-refractivity contribution in [2.75, 3.05) is 5.32 Å². The number of para-hydroxylation sites is 1. The molecule has 0 fully saturated rings. The van der Waals surface area contributed by atoms with Crippen LogP contribution >= 0.6 is 11.3 Å². The number of amides is 1. The number of benzene rings is 2. The van der Waals surface area contributed by atoms with Crippen LogP contribution in [0.25, 0.3) is 15.9 Å². The Morgan fingerprint density at radius 1 is 1.08 bits per heavy atom. The predicted octanol–water partition coefficient (Wildman–Crippen LogP) is 3.87. The second kappa shape index (κ2) is 5.86. The van der Waals surface area contributed by atoms with E-state index in [9.17, 15) is 9.18 Å². The summed E-state index contributed by atoms with van der Waals surface area (Å²) in [5.74, 6) is -0.658. The molecule has 0 bridgehead atoms. The van der Waals surface area contributed by atoms with Gasteiger partial charge in [0.05, 0.1) is 15.9 Å². The Morgan fingerprint density at radius 2 is 1.88 bits per heavy atom. The van der Waals surface area contributed by atoms with Crippen LogP contribution in [-0.2, 0) is 0 Å². The van der Waals surface area contributed by atoms with Gasteiger partial charge in [-0.1, -0.05) is 23.5 Å². The van der Waals surface area contributed by atoms with Crippen molar-refractivity contribution in [1.29, 1.82) is 0 Å². The Kier molecular flexibility index (Phi) is 3.55. The molecule has 2 aromatic carbocycles. The van der Waals surface area contributed by atoms with Crippen LogP contribution in [0.2, 0.25) is 0 Å². The number of thiazole rings is 1. The monoisotopic (exact) mass is 338 g/mol. The predicted molar refractivity (Wildman–Crippen MR) is 91.1 cm³/mol. The molecule has 2 aromatic heterocycles. The van der Waals surface area contributed by atoms with E-state index in [1.165, 1.54) is 28.2 Å². The molecule has 4 rings (SSSR count). The van der Waals surface area contributed by atoms with E-state index < -0.39 is 0 Å². The van der Waals surface area contributed by atoms with Gasteiger partial charge in [-0.05, 0) is 42.5 Å². The Hall–Kier alpha value is -3.06. The van der Waals surface area contributed by atoms with Crippen molar-refractivity contribution in [3.63, 3.8) is 0 Å². The van der Waals surface area contributed by atoms with Gasteiger partial charge < -0.3 is 0 Å². The van der Waals surface area contributed by atoms with Gasteiger partial charge in [0.1, 0.15) is 5.82 Å². The number of nitrogens with one attached hydrogen (secondary N) is 1. The normalized spacial score (nSPS) is 10.9. The second-order valence-corrected chi connectivity index (χ2v) is 6.09. The minimum atomic E-state index is -0.338. The number of aromatic nitrogens is 3. The largest absolute Gasteiger partial charge is 0.296 e. The van der Waals surface area contributed by atoms with Crippen molar-refractivity contribution in [2.24, 2.45) is 0 Å².